The minimum Gasteiger partial charge on any atom is -0.446 e. The topological polar surface area (TPSA) is 70.8 Å². The van der Waals surface area contributed by atoms with Gasteiger partial charge in [-0.2, -0.15) is 4.31 Å². The maximum Gasteiger partial charge on any atom is 0.276 e. The van der Waals surface area contributed by atoms with Crippen molar-refractivity contribution in [1.82, 2.24) is 4.31 Å². The van der Waals surface area contributed by atoms with Gasteiger partial charge in [0.05, 0.1) is 0 Å². The fourth-order valence-electron chi connectivity index (χ4n) is 2.64. The summed E-state index contributed by atoms with van der Waals surface area (Å²) >= 11 is 0. The SMILES string of the molecule is CCC1(CC)CCN(S(=O)(=O)c2ccc(CO)o2)C1. The first-order valence-electron chi connectivity index (χ1n) is 6.67. The van der Waals surface area contributed by atoms with Gasteiger partial charge in [-0.05, 0) is 36.8 Å². The van der Waals surface area contributed by atoms with Crippen molar-refractivity contribution in [3.63, 3.8) is 0 Å². The molecular formula is C13H21NO4S. The number of aliphatic hydroxyl groups is 1. The quantitative estimate of drug-likeness (QED) is 0.899. The maximum atomic E-state index is 12.4. The number of rotatable bonds is 5. The van der Waals surface area contributed by atoms with E-state index in [9.17, 15) is 8.42 Å². The summed E-state index contributed by atoms with van der Waals surface area (Å²) in [6.45, 7) is 5.02. The van der Waals surface area contributed by atoms with Crippen LogP contribution in [-0.4, -0.2) is 30.9 Å². The molecule has 1 aliphatic rings. The molecule has 2 rings (SSSR count). The van der Waals surface area contributed by atoms with Crippen molar-refractivity contribution in [3.05, 3.63) is 17.9 Å². The predicted molar refractivity (Wildman–Crippen MR) is 71.0 cm³/mol. The molecule has 5 nitrogen and oxygen atoms in total. The maximum absolute atomic E-state index is 12.4. The van der Waals surface area contributed by atoms with E-state index in [0.29, 0.717) is 13.1 Å². The zero-order valence-corrected chi connectivity index (χ0v) is 12.2. The van der Waals surface area contributed by atoms with Gasteiger partial charge in [-0.15, -0.1) is 0 Å². The number of aliphatic hydroxyl groups excluding tert-OH is 1. The number of nitrogens with zero attached hydrogens (tertiary/aromatic N) is 1. The van der Waals surface area contributed by atoms with Crippen LogP contribution in [0, 0.1) is 5.41 Å². The zero-order chi connectivity index (χ0) is 14.1. The Labute approximate surface area is 114 Å². The highest BCUT2D eigenvalue weighted by molar-refractivity contribution is 7.89. The molecule has 108 valence electrons. The molecule has 1 N–H and O–H groups in total. The van der Waals surface area contributed by atoms with Crippen LogP contribution < -0.4 is 0 Å². The van der Waals surface area contributed by atoms with Crippen molar-refractivity contribution >= 4 is 10.0 Å². The van der Waals surface area contributed by atoms with E-state index in [1.807, 2.05) is 0 Å². The van der Waals surface area contributed by atoms with E-state index in [1.54, 1.807) is 0 Å². The average Bonchev–Trinajstić information content (AvgIpc) is 3.06. The van der Waals surface area contributed by atoms with Crippen LogP contribution >= 0.6 is 0 Å². The molecule has 1 saturated heterocycles. The molecule has 0 spiro atoms. The summed E-state index contributed by atoms with van der Waals surface area (Å²) in [5.41, 5.74) is 0.0967. The monoisotopic (exact) mass is 287 g/mol. The first-order chi connectivity index (χ1) is 8.97. The van der Waals surface area contributed by atoms with Crippen LogP contribution in [-0.2, 0) is 16.6 Å². The number of sulfonamides is 1. The molecule has 0 aliphatic carbocycles. The van der Waals surface area contributed by atoms with Gasteiger partial charge in [0.2, 0.25) is 5.09 Å². The van der Waals surface area contributed by atoms with Crippen molar-refractivity contribution in [2.75, 3.05) is 13.1 Å². The molecule has 0 amide bonds. The highest BCUT2D eigenvalue weighted by atomic mass is 32.2. The predicted octanol–water partition coefficient (Wildman–Crippen LogP) is 1.97. The van der Waals surface area contributed by atoms with E-state index >= 15 is 0 Å². The van der Waals surface area contributed by atoms with Crippen molar-refractivity contribution < 1.29 is 17.9 Å². The van der Waals surface area contributed by atoms with Crippen LogP contribution in [0.4, 0.5) is 0 Å². The Morgan fingerprint density at radius 1 is 1.37 bits per heavy atom. The van der Waals surface area contributed by atoms with E-state index in [4.69, 9.17) is 9.52 Å². The molecule has 1 aromatic heterocycles. The Bertz CT molecular complexity index is 531. The van der Waals surface area contributed by atoms with Crippen molar-refractivity contribution in [1.29, 1.82) is 0 Å². The van der Waals surface area contributed by atoms with Gasteiger partial charge in [-0.25, -0.2) is 8.42 Å². The van der Waals surface area contributed by atoms with E-state index < -0.39 is 10.0 Å². The van der Waals surface area contributed by atoms with E-state index in [2.05, 4.69) is 13.8 Å². The fraction of sp³-hybridized carbons (Fsp3) is 0.692. The minimum absolute atomic E-state index is 0.0699. The van der Waals surface area contributed by atoms with E-state index in [-0.39, 0.29) is 22.9 Å². The Morgan fingerprint density at radius 3 is 2.53 bits per heavy atom. The summed E-state index contributed by atoms with van der Waals surface area (Å²) in [5.74, 6) is 0.273. The molecule has 2 heterocycles. The summed E-state index contributed by atoms with van der Waals surface area (Å²) in [5, 5.41) is 8.87. The molecule has 0 atom stereocenters. The standard InChI is InChI=1S/C13H21NO4S/c1-3-13(4-2)7-8-14(10-13)19(16,17)12-6-5-11(9-15)18-12/h5-6,15H,3-4,7-10H2,1-2H3. The number of hydrogen-bond donors (Lipinski definition) is 1. The Balaban J connectivity index is 2.22. The van der Waals surface area contributed by atoms with Gasteiger partial charge in [0.1, 0.15) is 12.4 Å². The summed E-state index contributed by atoms with van der Waals surface area (Å²) in [6, 6.07) is 2.91. The molecule has 1 aliphatic heterocycles. The van der Waals surface area contributed by atoms with Crippen molar-refractivity contribution in [2.45, 2.75) is 44.8 Å². The summed E-state index contributed by atoms with van der Waals surface area (Å²) in [7, 11) is -3.56. The largest absolute Gasteiger partial charge is 0.446 e. The van der Waals surface area contributed by atoms with Crippen LogP contribution in [0.15, 0.2) is 21.6 Å². The first-order valence-corrected chi connectivity index (χ1v) is 8.11. The Morgan fingerprint density at radius 2 is 2.05 bits per heavy atom. The lowest BCUT2D eigenvalue weighted by atomic mass is 9.82. The fourth-order valence-corrected chi connectivity index (χ4v) is 4.12. The minimum atomic E-state index is -3.56. The highest BCUT2D eigenvalue weighted by Crippen LogP contribution is 2.39. The first kappa shape index (κ1) is 14.6. The second kappa shape index (κ2) is 5.26. The molecule has 1 fully saturated rings. The molecule has 0 radical (unpaired) electrons. The Kier molecular flexibility index (Phi) is 4.03. The number of hydrogen-bond acceptors (Lipinski definition) is 4. The molecule has 0 bridgehead atoms. The summed E-state index contributed by atoms with van der Waals surface area (Å²) in [4.78, 5) is 0. The van der Waals surface area contributed by atoms with Crippen LogP contribution in [0.5, 0.6) is 0 Å². The van der Waals surface area contributed by atoms with Crippen LogP contribution in [0.2, 0.25) is 0 Å². The van der Waals surface area contributed by atoms with Crippen molar-refractivity contribution in [3.8, 4) is 0 Å². The second-order valence-electron chi connectivity index (χ2n) is 5.17. The Hall–Kier alpha value is -0.850. The smallest absolute Gasteiger partial charge is 0.276 e. The molecular weight excluding hydrogens is 266 g/mol. The normalized spacial score (nSPS) is 19.9. The molecule has 0 unspecified atom stereocenters. The third-order valence-corrected chi connectivity index (χ3v) is 6.01. The van der Waals surface area contributed by atoms with Gasteiger partial charge >= 0.3 is 0 Å². The molecule has 0 aromatic carbocycles. The zero-order valence-electron chi connectivity index (χ0n) is 11.4. The molecule has 19 heavy (non-hydrogen) atoms. The lowest BCUT2D eigenvalue weighted by molar-refractivity contribution is 0.234. The van der Waals surface area contributed by atoms with Gasteiger partial charge in [0.15, 0.2) is 0 Å². The average molecular weight is 287 g/mol. The highest BCUT2D eigenvalue weighted by Gasteiger charge is 2.41. The van der Waals surface area contributed by atoms with Gasteiger partial charge in [0, 0.05) is 13.1 Å². The van der Waals surface area contributed by atoms with Gasteiger partial charge in [0.25, 0.3) is 10.0 Å². The van der Waals surface area contributed by atoms with Crippen molar-refractivity contribution in [2.24, 2.45) is 5.41 Å². The van der Waals surface area contributed by atoms with Crippen LogP contribution in [0.1, 0.15) is 38.9 Å². The third-order valence-electron chi connectivity index (χ3n) is 4.29. The van der Waals surface area contributed by atoms with E-state index in [1.165, 1.54) is 16.4 Å². The molecule has 6 heteroatoms. The van der Waals surface area contributed by atoms with Crippen LogP contribution in [0.3, 0.4) is 0 Å². The lowest BCUT2D eigenvalue weighted by Crippen LogP contribution is -2.31. The van der Waals surface area contributed by atoms with Gasteiger partial charge < -0.3 is 9.52 Å². The summed E-state index contributed by atoms with van der Waals surface area (Å²) in [6.07, 6.45) is 2.86. The van der Waals surface area contributed by atoms with Gasteiger partial charge in [-0.1, -0.05) is 13.8 Å². The second-order valence-corrected chi connectivity index (χ2v) is 7.04. The molecule has 1 aromatic rings. The van der Waals surface area contributed by atoms with Crippen LogP contribution in [0.25, 0.3) is 0 Å². The lowest BCUT2D eigenvalue weighted by Gasteiger charge is -2.25. The van der Waals surface area contributed by atoms with E-state index in [0.717, 1.165) is 19.3 Å². The third kappa shape index (κ3) is 2.57. The number of furan rings is 1. The molecule has 0 saturated carbocycles. The van der Waals surface area contributed by atoms with Gasteiger partial charge in [-0.3, -0.25) is 0 Å². The summed E-state index contributed by atoms with van der Waals surface area (Å²) < 4.78 is 31.5.